The van der Waals surface area contributed by atoms with Crippen LogP contribution in [-0.4, -0.2) is 50.1 Å². The zero-order valence-corrected chi connectivity index (χ0v) is 17.0. The number of hydrogen-bond acceptors (Lipinski definition) is 4. The Morgan fingerprint density at radius 3 is 2.04 bits per heavy atom. The Morgan fingerprint density at radius 1 is 1.08 bits per heavy atom. The molecule has 0 aromatic heterocycles. The molecule has 0 aliphatic heterocycles. The predicted octanol–water partition coefficient (Wildman–Crippen LogP) is 3.11. The van der Waals surface area contributed by atoms with E-state index in [1.165, 1.54) is 14.2 Å². The number of ether oxygens (including phenoxy) is 2. The third-order valence-corrected chi connectivity index (χ3v) is 4.55. The van der Waals surface area contributed by atoms with E-state index >= 15 is 0 Å². The first-order chi connectivity index (χ1) is 12.2. The molecule has 0 aliphatic rings. The minimum absolute atomic E-state index is 0.0322. The smallest absolute Gasteiger partial charge is 0.252 e. The monoisotopic (exact) mass is 364 g/mol. The Labute approximate surface area is 156 Å². The molecule has 26 heavy (non-hydrogen) atoms. The Kier molecular flexibility index (Phi) is 8.42. The number of carbonyl (C=O) groups is 2. The molecule has 6 heteroatoms. The molecule has 0 radical (unpaired) electrons. The molecule has 0 aliphatic carbocycles. The first-order valence-electron chi connectivity index (χ1n) is 9.05. The summed E-state index contributed by atoms with van der Waals surface area (Å²) in [6.45, 7) is 7.96. The van der Waals surface area contributed by atoms with Crippen LogP contribution in [0.1, 0.15) is 50.9 Å². The molecule has 0 saturated heterocycles. The largest absolute Gasteiger partial charge is 0.497 e. The summed E-state index contributed by atoms with van der Waals surface area (Å²) < 4.78 is 10.4. The van der Waals surface area contributed by atoms with Crippen LogP contribution in [0.15, 0.2) is 18.2 Å². The summed E-state index contributed by atoms with van der Waals surface area (Å²) in [5.41, 5.74) is 0.393. The lowest BCUT2D eigenvalue weighted by Gasteiger charge is -2.31. The third-order valence-electron chi connectivity index (χ3n) is 4.55. The van der Waals surface area contributed by atoms with Crippen molar-refractivity contribution in [3.05, 3.63) is 23.8 Å². The molecule has 146 valence electrons. The van der Waals surface area contributed by atoms with Crippen molar-refractivity contribution in [2.75, 3.05) is 21.3 Å². The quantitative estimate of drug-likeness (QED) is 0.731. The van der Waals surface area contributed by atoms with Crippen molar-refractivity contribution in [3.63, 3.8) is 0 Å². The molecule has 0 fully saturated rings. The molecular formula is C20H32N2O4. The van der Waals surface area contributed by atoms with Gasteiger partial charge in [0.1, 0.15) is 17.5 Å². The molecule has 6 nitrogen and oxygen atoms in total. The maximum atomic E-state index is 12.9. The summed E-state index contributed by atoms with van der Waals surface area (Å²) in [6.07, 6.45) is 1.93. The minimum Gasteiger partial charge on any atom is -0.497 e. The van der Waals surface area contributed by atoms with Crippen molar-refractivity contribution in [1.29, 1.82) is 0 Å². The van der Waals surface area contributed by atoms with Crippen molar-refractivity contribution < 1.29 is 19.1 Å². The van der Waals surface area contributed by atoms with E-state index < -0.39 is 6.04 Å². The summed E-state index contributed by atoms with van der Waals surface area (Å²) in [6, 6.07) is 4.49. The fourth-order valence-corrected chi connectivity index (χ4v) is 2.72. The van der Waals surface area contributed by atoms with Gasteiger partial charge in [-0.15, -0.1) is 0 Å². The maximum absolute atomic E-state index is 12.9. The van der Waals surface area contributed by atoms with Crippen molar-refractivity contribution in [2.24, 2.45) is 5.92 Å². The van der Waals surface area contributed by atoms with Gasteiger partial charge >= 0.3 is 0 Å². The Balaban J connectivity index is 3.00. The minimum atomic E-state index is -0.594. The van der Waals surface area contributed by atoms with E-state index in [-0.39, 0.29) is 23.8 Å². The molecule has 0 unspecified atom stereocenters. The van der Waals surface area contributed by atoms with Gasteiger partial charge < -0.3 is 19.7 Å². The first-order valence-corrected chi connectivity index (χ1v) is 9.05. The molecular weight excluding hydrogens is 332 g/mol. The van der Waals surface area contributed by atoms with Crippen LogP contribution in [0.3, 0.4) is 0 Å². The van der Waals surface area contributed by atoms with Crippen LogP contribution in [-0.2, 0) is 4.79 Å². The van der Waals surface area contributed by atoms with Crippen molar-refractivity contribution in [3.8, 4) is 11.5 Å². The molecule has 1 aromatic rings. The topological polar surface area (TPSA) is 67.9 Å². The second kappa shape index (κ2) is 10.0. The van der Waals surface area contributed by atoms with Crippen LogP contribution in [0.4, 0.5) is 0 Å². The highest BCUT2D eigenvalue weighted by Crippen LogP contribution is 2.23. The van der Waals surface area contributed by atoms with Crippen LogP contribution in [0, 0.1) is 5.92 Å². The predicted molar refractivity (Wildman–Crippen MR) is 103 cm³/mol. The molecule has 0 spiro atoms. The number of methoxy groups -OCH3 is 2. The SMILES string of the molecule is CCC[C@@H](C)N(C)C(=O)[C@H](NC(=O)c1cc(OC)cc(OC)c1)C(C)C. The van der Waals surface area contributed by atoms with Crippen LogP contribution in [0.25, 0.3) is 0 Å². The Hall–Kier alpha value is -2.24. The van der Waals surface area contributed by atoms with E-state index in [9.17, 15) is 9.59 Å². The van der Waals surface area contributed by atoms with E-state index in [1.807, 2.05) is 20.8 Å². The second-order valence-electron chi connectivity index (χ2n) is 6.88. The fourth-order valence-electron chi connectivity index (χ4n) is 2.72. The number of nitrogens with one attached hydrogen (secondary N) is 1. The normalized spacial score (nSPS) is 13.1. The zero-order valence-electron chi connectivity index (χ0n) is 17.0. The summed E-state index contributed by atoms with van der Waals surface area (Å²) >= 11 is 0. The molecule has 1 N–H and O–H groups in total. The van der Waals surface area contributed by atoms with Gasteiger partial charge in [-0.1, -0.05) is 27.2 Å². The number of rotatable bonds is 9. The number of amides is 2. The van der Waals surface area contributed by atoms with E-state index in [2.05, 4.69) is 12.2 Å². The van der Waals surface area contributed by atoms with Crippen LogP contribution in [0.2, 0.25) is 0 Å². The van der Waals surface area contributed by atoms with Crippen LogP contribution < -0.4 is 14.8 Å². The molecule has 0 heterocycles. The van der Waals surface area contributed by atoms with Crippen molar-refractivity contribution >= 4 is 11.8 Å². The average Bonchev–Trinajstić information content (AvgIpc) is 2.63. The van der Waals surface area contributed by atoms with Crippen LogP contribution in [0.5, 0.6) is 11.5 Å². The second-order valence-corrected chi connectivity index (χ2v) is 6.88. The lowest BCUT2D eigenvalue weighted by atomic mass is 10.0. The summed E-state index contributed by atoms with van der Waals surface area (Å²) in [5.74, 6) is 0.608. The lowest BCUT2D eigenvalue weighted by molar-refractivity contribution is -0.134. The number of carbonyl (C=O) groups excluding carboxylic acids is 2. The number of hydrogen-bond donors (Lipinski definition) is 1. The van der Waals surface area contributed by atoms with E-state index in [4.69, 9.17) is 9.47 Å². The zero-order chi connectivity index (χ0) is 19.9. The van der Waals surface area contributed by atoms with E-state index in [1.54, 1.807) is 30.1 Å². The Bertz CT molecular complexity index is 594. The fraction of sp³-hybridized carbons (Fsp3) is 0.600. The first kappa shape index (κ1) is 21.8. The van der Waals surface area contributed by atoms with Crippen LogP contribution >= 0.6 is 0 Å². The van der Waals surface area contributed by atoms with Gasteiger partial charge in [-0.25, -0.2) is 0 Å². The van der Waals surface area contributed by atoms with Gasteiger partial charge in [-0.3, -0.25) is 9.59 Å². The van der Waals surface area contributed by atoms with Gasteiger partial charge in [0.25, 0.3) is 5.91 Å². The van der Waals surface area contributed by atoms with Gasteiger partial charge in [0, 0.05) is 24.7 Å². The summed E-state index contributed by atoms with van der Waals surface area (Å²) in [7, 11) is 4.85. The third kappa shape index (κ3) is 5.64. The van der Waals surface area contributed by atoms with Gasteiger partial charge in [0.2, 0.25) is 5.91 Å². The van der Waals surface area contributed by atoms with Gasteiger partial charge in [-0.2, -0.15) is 0 Å². The van der Waals surface area contributed by atoms with E-state index in [0.29, 0.717) is 17.1 Å². The Morgan fingerprint density at radius 2 is 1.62 bits per heavy atom. The molecule has 2 atom stereocenters. The van der Waals surface area contributed by atoms with Gasteiger partial charge in [-0.05, 0) is 31.4 Å². The van der Waals surface area contributed by atoms with E-state index in [0.717, 1.165) is 12.8 Å². The van der Waals surface area contributed by atoms with Crippen molar-refractivity contribution in [1.82, 2.24) is 10.2 Å². The van der Waals surface area contributed by atoms with Crippen molar-refractivity contribution in [2.45, 2.75) is 52.6 Å². The lowest BCUT2D eigenvalue weighted by Crippen LogP contribution is -2.52. The highest BCUT2D eigenvalue weighted by Gasteiger charge is 2.29. The molecule has 2 amide bonds. The number of likely N-dealkylation sites (N-methyl/N-ethyl adjacent to an activating group) is 1. The van der Waals surface area contributed by atoms with Gasteiger partial charge in [0.05, 0.1) is 14.2 Å². The standard InChI is InChI=1S/C20H32N2O4/c1-8-9-14(4)22(5)20(24)18(13(2)3)21-19(23)15-10-16(25-6)12-17(11-15)26-7/h10-14,18H,8-9H2,1-7H3,(H,21,23)/t14-,18-/m1/s1. The maximum Gasteiger partial charge on any atom is 0.252 e. The summed E-state index contributed by atoms with van der Waals surface area (Å²) in [5, 5.41) is 2.87. The number of nitrogens with zero attached hydrogens (tertiary/aromatic N) is 1. The highest BCUT2D eigenvalue weighted by atomic mass is 16.5. The summed E-state index contributed by atoms with van der Waals surface area (Å²) in [4.78, 5) is 27.3. The highest BCUT2D eigenvalue weighted by molar-refractivity contribution is 5.98. The molecule has 1 rings (SSSR count). The molecule has 0 saturated carbocycles. The van der Waals surface area contributed by atoms with Gasteiger partial charge in [0.15, 0.2) is 0 Å². The average molecular weight is 364 g/mol. The number of benzene rings is 1. The molecule has 1 aromatic carbocycles. The molecule has 0 bridgehead atoms.